The molecular weight excluding hydrogens is 512 g/mol. The van der Waals surface area contributed by atoms with Crippen molar-refractivity contribution in [2.24, 2.45) is 4.99 Å². The van der Waals surface area contributed by atoms with Crippen molar-refractivity contribution in [2.45, 2.75) is 57.8 Å². The standard InChI is InChI=1S/C21H30FN7O.HI/c1-2-23-21(27-16-4-6-20-25-14-26-29(20)13-16)24-12-15-3-5-19(18(22)11-15)28-9-7-17(30)8-10-28;/h3,5,11,14,16-17,30H,2,4,6-10,12-13H2,1H3,(H2,23,24,27);1H. The Labute approximate surface area is 199 Å². The first-order valence-electron chi connectivity index (χ1n) is 10.8. The SMILES string of the molecule is CCNC(=NCc1ccc(N2CCC(O)CC2)c(F)c1)NC1CCc2ncnn2C1.I. The summed E-state index contributed by atoms with van der Waals surface area (Å²) in [6.07, 6.45) is 4.55. The second-order valence-corrected chi connectivity index (χ2v) is 7.94. The Morgan fingerprint density at radius 3 is 2.84 bits per heavy atom. The number of anilines is 1. The number of aryl methyl sites for hydroxylation is 1. The number of fused-ring (bicyclic) bond motifs is 1. The smallest absolute Gasteiger partial charge is 0.191 e. The zero-order valence-electron chi connectivity index (χ0n) is 17.8. The van der Waals surface area contributed by atoms with Crippen molar-refractivity contribution < 1.29 is 9.50 Å². The fraction of sp³-hybridized carbons (Fsp3) is 0.571. The van der Waals surface area contributed by atoms with E-state index in [4.69, 9.17) is 0 Å². The number of nitrogens with zero attached hydrogens (tertiary/aromatic N) is 5. The average Bonchev–Trinajstić information content (AvgIpc) is 3.21. The number of aliphatic imine (C=N–C) groups is 1. The van der Waals surface area contributed by atoms with Crippen molar-refractivity contribution in [2.75, 3.05) is 24.5 Å². The number of benzene rings is 1. The summed E-state index contributed by atoms with van der Waals surface area (Å²) in [5.74, 6) is 1.51. The Morgan fingerprint density at radius 2 is 2.10 bits per heavy atom. The summed E-state index contributed by atoms with van der Waals surface area (Å²) in [5.41, 5.74) is 1.43. The van der Waals surface area contributed by atoms with Gasteiger partial charge in [-0.3, -0.25) is 0 Å². The molecule has 0 aliphatic carbocycles. The van der Waals surface area contributed by atoms with Crippen LogP contribution in [0.3, 0.4) is 0 Å². The molecule has 2 aliphatic rings. The molecule has 3 N–H and O–H groups in total. The van der Waals surface area contributed by atoms with E-state index in [1.54, 1.807) is 12.4 Å². The van der Waals surface area contributed by atoms with Crippen LogP contribution in [0.5, 0.6) is 0 Å². The molecule has 2 aromatic rings. The first-order valence-corrected chi connectivity index (χ1v) is 10.8. The lowest BCUT2D eigenvalue weighted by atomic mass is 10.1. The molecule has 0 bridgehead atoms. The molecule has 1 saturated heterocycles. The molecule has 0 radical (unpaired) electrons. The highest BCUT2D eigenvalue weighted by Gasteiger charge is 2.21. The summed E-state index contributed by atoms with van der Waals surface area (Å²) in [5, 5.41) is 20.6. The molecule has 1 atom stereocenters. The third-order valence-electron chi connectivity index (χ3n) is 5.73. The van der Waals surface area contributed by atoms with E-state index in [0.29, 0.717) is 38.2 Å². The second kappa shape index (κ2) is 11.1. The van der Waals surface area contributed by atoms with E-state index >= 15 is 0 Å². The molecule has 31 heavy (non-hydrogen) atoms. The summed E-state index contributed by atoms with van der Waals surface area (Å²) in [6, 6.07) is 5.55. The number of hydrogen-bond acceptors (Lipinski definition) is 5. The maximum absolute atomic E-state index is 14.7. The Kier molecular flexibility index (Phi) is 8.47. The molecule has 1 aromatic heterocycles. The molecule has 0 saturated carbocycles. The Bertz CT molecular complexity index is 882. The van der Waals surface area contributed by atoms with Gasteiger partial charge in [-0.1, -0.05) is 6.07 Å². The van der Waals surface area contributed by atoms with Crippen LogP contribution in [0.25, 0.3) is 0 Å². The third kappa shape index (κ3) is 6.06. The fourth-order valence-electron chi connectivity index (χ4n) is 4.05. The summed E-state index contributed by atoms with van der Waals surface area (Å²) >= 11 is 0. The van der Waals surface area contributed by atoms with Crippen molar-refractivity contribution in [1.29, 1.82) is 0 Å². The van der Waals surface area contributed by atoms with Crippen LogP contribution in [0, 0.1) is 5.82 Å². The van der Waals surface area contributed by atoms with Gasteiger partial charge >= 0.3 is 0 Å². The van der Waals surface area contributed by atoms with Crippen molar-refractivity contribution in [3.63, 3.8) is 0 Å². The first kappa shape index (κ1) is 23.7. The van der Waals surface area contributed by atoms with Gasteiger partial charge in [-0.2, -0.15) is 5.10 Å². The van der Waals surface area contributed by atoms with E-state index in [-0.39, 0.29) is 41.9 Å². The van der Waals surface area contributed by atoms with Crippen molar-refractivity contribution in [3.05, 3.63) is 41.7 Å². The number of hydrogen-bond donors (Lipinski definition) is 3. The maximum atomic E-state index is 14.7. The van der Waals surface area contributed by atoms with Crippen LogP contribution in [0.2, 0.25) is 0 Å². The monoisotopic (exact) mass is 543 g/mol. The number of nitrogens with one attached hydrogen (secondary N) is 2. The van der Waals surface area contributed by atoms with E-state index in [1.165, 1.54) is 0 Å². The number of aliphatic hydroxyl groups excluding tert-OH is 1. The topological polar surface area (TPSA) is 90.6 Å². The lowest BCUT2D eigenvalue weighted by Crippen LogP contribution is -2.47. The molecule has 170 valence electrons. The highest BCUT2D eigenvalue weighted by molar-refractivity contribution is 14.0. The fourth-order valence-corrected chi connectivity index (χ4v) is 4.05. The Morgan fingerprint density at radius 1 is 1.29 bits per heavy atom. The number of guanidine groups is 1. The maximum Gasteiger partial charge on any atom is 0.191 e. The normalized spacial score (nSPS) is 19.5. The van der Waals surface area contributed by atoms with Gasteiger partial charge in [0.05, 0.1) is 24.9 Å². The molecule has 8 nitrogen and oxygen atoms in total. The first-order chi connectivity index (χ1) is 14.6. The molecule has 1 fully saturated rings. The van der Waals surface area contributed by atoms with Crippen molar-refractivity contribution in [3.8, 4) is 0 Å². The largest absolute Gasteiger partial charge is 0.393 e. The molecule has 10 heteroatoms. The van der Waals surface area contributed by atoms with Crippen LogP contribution in [0.4, 0.5) is 10.1 Å². The minimum atomic E-state index is -0.268. The molecule has 1 unspecified atom stereocenters. The van der Waals surface area contributed by atoms with Crippen molar-refractivity contribution in [1.82, 2.24) is 25.4 Å². The molecule has 3 heterocycles. The predicted octanol–water partition coefficient (Wildman–Crippen LogP) is 2.07. The molecular formula is C21H31FIN7O. The minimum absolute atomic E-state index is 0. The molecule has 1 aromatic carbocycles. The van der Waals surface area contributed by atoms with Gasteiger partial charge in [-0.05, 0) is 43.9 Å². The van der Waals surface area contributed by atoms with Crippen LogP contribution in [0.1, 0.15) is 37.6 Å². The Hall–Kier alpha value is -1.95. The van der Waals surface area contributed by atoms with Crippen LogP contribution in [-0.2, 0) is 19.5 Å². The van der Waals surface area contributed by atoms with E-state index in [2.05, 4.69) is 25.7 Å². The van der Waals surface area contributed by atoms with Crippen LogP contribution in [-0.4, -0.2) is 57.6 Å². The highest BCUT2D eigenvalue weighted by Crippen LogP contribution is 2.24. The average molecular weight is 543 g/mol. The van der Waals surface area contributed by atoms with E-state index in [9.17, 15) is 9.50 Å². The van der Waals surface area contributed by atoms with Crippen LogP contribution >= 0.6 is 24.0 Å². The van der Waals surface area contributed by atoms with E-state index in [1.807, 2.05) is 28.6 Å². The van der Waals surface area contributed by atoms with Gasteiger partial charge in [0, 0.05) is 32.1 Å². The molecule has 4 rings (SSSR count). The Balaban J connectivity index is 0.00000272. The van der Waals surface area contributed by atoms with Crippen LogP contribution in [0.15, 0.2) is 29.5 Å². The molecule has 0 amide bonds. The van der Waals surface area contributed by atoms with Crippen molar-refractivity contribution >= 4 is 35.6 Å². The van der Waals surface area contributed by atoms with Gasteiger partial charge in [0.2, 0.25) is 0 Å². The van der Waals surface area contributed by atoms with Crippen LogP contribution < -0.4 is 15.5 Å². The quantitative estimate of drug-likeness (QED) is 0.304. The third-order valence-corrected chi connectivity index (χ3v) is 5.73. The summed E-state index contributed by atoms with van der Waals surface area (Å²) in [6.45, 7) is 5.29. The number of aliphatic hydroxyl groups is 1. The van der Waals surface area contributed by atoms with Gasteiger partial charge in [0.15, 0.2) is 5.96 Å². The molecule has 2 aliphatic heterocycles. The summed E-state index contributed by atoms with van der Waals surface area (Å²) in [7, 11) is 0. The zero-order chi connectivity index (χ0) is 20.9. The van der Waals surface area contributed by atoms with E-state index < -0.39 is 0 Å². The summed E-state index contributed by atoms with van der Waals surface area (Å²) < 4.78 is 16.6. The van der Waals surface area contributed by atoms with Gasteiger partial charge in [-0.15, -0.1) is 24.0 Å². The van der Waals surface area contributed by atoms with E-state index in [0.717, 1.165) is 43.3 Å². The lowest BCUT2D eigenvalue weighted by molar-refractivity contribution is 0.145. The zero-order valence-corrected chi connectivity index (χ0v) is 20.1. The van der Waals surface area contributed by atoms with Gasteiger partial charge in [0.1, 0.15) is 18.0 Å². The number of aromatic nitrogens is 3. The van der Waals surface area contributed by atoms with Gasteiger partial charge in [0.25, 0.3) is 0 Å². The second-order valence-electron chi connectivity index (χ2n) is 7.94. The van der Waals surface area contributed by atoms with Gasteiger partial charge < -0.3 is 20.6 Å². The lowest BCUT2D eigenvalue weighted by Gasteiger charge is -2.31. The number of rotatable bonds is 5. The highest BCUT2D eigenvalue weighted by atomic mass is 127. The van der Waals surface area contributed by atoms with Gasteiger partial charge in [-0.25, -0.2) is 19.0 Å². The number of halogens is 2. The summed E-state index contributed by atoms with van der Waals surface area (Å²) in [4.78, 5) is 10.9. The minimum Gasteiger partial charge on any atom is -0.393 e. The number of piperidine rings is 1. The molecule has 0 spiro atoms. The predicted molar refractivity (Wildman–Crippen MR) is 129 cm³/mol.